The molecule has 0 saturated heterocycles. The Bertz CT molecular complexity index is 718. The number of amides is 1. The first-order valence-corrected chi connectivity index (χ1v) is 9.57. The number of carbonyl (C=O) groups is 1. The lowest BCUT2D eigenvalue weighted by Crippen LogP contribution is -2.34. The number of methoxy groups -OCH3 is 1. The van der Waals surface area contributed by atoms with Crippen LogP contribution in [-0.4, -0.2) is 18.3 Å². The lowest BCUT2D eigenvalue weighted by molar-refractivity contribution is -0.121. The van der Waals surface area contributed by atoms with Crippen LogP contribution >= 0.6 is 23.4 Å². The molecule has 25 heavy (non-hydrogen) atoms. The number of hydrogen-bond acceptors (Lipinski definition) is 3. The standard InChI is InChI=1S/C20H24ClNO2S/c1-5-18(15-6-11-19(24-4)13(2)12-15)22-20(23)14(3)25-17-9-7-16(21)8-10-17/h6-12,14,18H,5H2,1-4H3,(H,22,23). The minimum Gasteiger partial charge on any atom is -0.496 e. The van der Waals surface area contributed by atoms with E-state index in [2.05, 4.69) is 18.3 Å². The highest BCUT2D eigenvalue weighted by Gasteiger charge is 2.19. The number of nitrogens with one attached hydrogen (secondary N) is 1. The molecule has 0 radical (unpaired) electrons. The van der Waals surface area contributed by atoms with Gasteiger partial charge in [0.1, 0.15) is 5.75 Å². The van der Waals surface area contributed by atoms with Gasteiger partial charge in [0.05, 0.1) is 18.4 Å². The van der Waals surface area contributed by atoms with E-state index in [4.69, 9.17) is 16.3 Å². The quantitative estimate of drug-likeness (QED) is 0.656. The fourth-order valence-electron chi connectivity index (χ4n) is 2.60. The highest BCUT2D eigenvalue weighted by molar-refractivity contribution is 8.00. The SMILES string of the molecule is CCC(NC(=O)C(C)Sc1ccc(Cl)cc1)c1ccc(OC)c(C)c1. The van der Waals surface area contributed by atoms with E-state index < -0.39 is 0 Å². The van der Waals surface area contributed by atoms with Crippen molar-refractivity contribution < 1.29 is 9.53 Å². The fraction of sp³-hybridized carbons (Fsp3) is 0.350. The molecule has 2 rings (SSSR count). The minimum absolute atomic E-state index is 0.00891. The molecule has 1 N–H and O–H groups in total. The summed E-state index contributed by atoms with van der Waals surface area (Å²) in [5.41, 5.74) is 2.16. The Balaban J connectivity index is 2.03. The van der Waals surface area contributed by atoms with E-state index in [1.807, 2.05) is 50.2 Å². The highest BCUT2D eigenvalue weighted by atomic mass is 35.5. The monoisotopic (exact) mass is 377 g/mol. The van der Waals surface area contributed by atoms with Gasteiger partial charge in [-0.3, -0.25) is 4.79 Å². The summed E-state index contributed by atoms with van der Waals surface area (Å²) in [7, 11) is 1.66. The zero-order valence-corrected chi connectivity index (χ0v) is 16.6. The second-order valence-corrected chi connectivity index (χ2v) is 7.76. The number of carbonyl (C=O) groups excluding carboxylic acids is 1. The molecule has 0 fully saturated rings. The lowest BCUT2D eigenvalue weighted by Gasteiger charge is -2.21. The maximum absolute atomic E-state index is 12.6. The second-order valence-electron chi connectivity index (χ2n) is 5.91. The van der Waals surface area contributed by atoms with Crippen LogP contribution in [0.15, 0.2) is 47.4 Å². The van der Waals surface area contributed by atoms with Gasteiger partial charge in [-0.2, -0.15) is 0 Å². The number of benzene rings is 2. The molecule has 0 aliphatic heterocycles. The Morgan fingerprint density at radius 1 is 1.24 bits per heavy atom. The van der Waals surface area contributed by atoms with E-state index >= 15 is 0 Å². The van der Waals surface area contributed by atoms with Crippen molar-refractivity contribution >= 4 is 29.3 Å². The van der Waals surface area contributed by atoms with Gasteiger partial charge in [0.15, 0.2) is 0 Å². The van der Waals surface area contributed by atoms with E-state index in [0.29, 0.717) is 5.02 Å². The number of rotatable bonds is 7. The first kappa shape index (κ1) is 19.7. The van der Waals surface area contributed by atoms with Crippen LogP contribution in [0.4, 0.5) is 0 Å². The molecule has 134 valence electrons. The molecule has 0 spiro atoms. The van der Waals surface area contributed by atoms with Crippen LogP contribution in [0.25, 0.3) is 0 Å². The van der Waals surface area contributed by atoms with Gasteiger partial charge in [-0.1, -0.05) is 30.7 Å². The number of halogens is 1. The summed E-state index contributed by atoms with van der Waals surface area (Å²) < 4.78 is 5.31. The van der Waals surface area contributed by atoms with Gasteiger partial charge in [-0.05, 0) is 61.7 Å². The van der Waals surface area contributed by atoms with Crippen LogP contribution in [0.1, 0.15) is 37.4 Å². The number of aryl methyl sites for hydroxylation is 1. The molecule has 1 amide bonds. The van der Waals surface area contributed by atoms with Crippen molar-refractivity contribution in [1.82, 2.24) is 5.32 Å². The van der Waals surface area contributed by atoms with E-state index in [1.54, 1.807) is 7.11 Å². The summed E-state index contributed by atoms with van der Waals surface area (Å²) in [6, 6.07) is 13.6. The van der Waals surface area contributed by atoms with E-state index in [-0.39, 0.29) is 17.2 Å². The number of thioether (sulfide) groups is 1. The van der Waals surface area contributed by atoms with Crippen molar-refractivity contribution in [2.75, 3.05) is 7.11 Å². The Kier molecular flexibility index (Phi) is 7.21. The summed E-state index contributed by atoms with van der Waals surface area (Å²) in [5.74, 6) is 0.886. The van der Waals surface area contributed by atoms with Gasteiger partial charge >= 0.3 is 0 Å². The lowest BCUT2D eigenvalue weighted by atomic mass is 10.0. The predicted molar refractivity (Wildman–Crippen MR) is 106 cm³/mol. The third-order valence-electron chi connectivity index (χ3n) is 4.04. The summed E-state index contributed by atoms with van der Waals surface area (Å²) >= 11 is 7.43. The Labute approximate surface area is 159 Å². The third-order valence-corrected chi connectivity index (χ3v) is 5.41. The van der Waals surface area contributed by atoms with Crippen LogP contribution < -0.4 is 10.1 Å². The van der Waals surface area contributed by atoms with Crippen molar-refractivity contribution in [2.24, 2.45) is 0 Å². The van der Waals surface area contributed by atoms with Gasteiger partial charge in [-0.25, -0.2) is 0 Å². The van der Waals surface area contributed by atoms with E-state index in [0.717, 1.165) is 28.2 Å². The maximum Gasteiger partial charge on any atom is 0.233 e. The average Bonchev–Trinajstić information content (AvgIpc) is 2.61. The van der Waals surface area contributed by atoms with Gasteiger partial charge < -0.3 is 10.1 Å². The van der Waals surface area contributed by atoms with Crippen LogP contribution in [0.2, 0.25) is 5.02 Å². The largest absolute Gasteiger partial charge is 0.496 e. The van der Waals surface area contributed by atoms with Crippen LogP contribution in [0.3, 0.4) is 0 Å². The maximum atomic E-state index is 12.6. The van der Waals surface area contributed by atoms with Crippen molar-refractivity contribution in [2.45, 2.75) is 43.4 Å². The van der Waals surface area contributed by atoms with Crippen LogP contribution in [-0.2, 0) is 4.79 Å². The normalized spacial score (nSPS) is 13.2. The molecule has 0 saturated carbocycles. The van der Waals surface area contributed by atoms with Crippen molar-refractivity contribution in [3.05, 3.63) is 58.6 Å². The van der Waals surface area contributed by atoms with Crippen LogP contribution in [0.5, 0.6) is 5.75 Å². The highest BCUT2D eigenvalue weighted by Crippen LogP contribution is 2.27. The minimum atomic E-state index is -0.186. The number of ether oxygens (including phenoxy) is 1. The summed E-state index contributed by atoms with van der Waals surface area (Å²) in [4.78, 5) is 13.6. The fourth-order valence-corrected chi connectivity index (χ4v) is 3.60. The first-order chi connectivity index (χ1) is 11.9. The molecule has 0 aromatic heterocycles. The molecule has 2 aromatic rings. The molecule has 2 atom stereocenters. The van der Waals surface area contributed by atoms with Crippen molar-refractivity contribution in [3.8, 4) is 5.75 Å². The van der Waals surface area contributed by atoms with Crippen molar-refractivity contribution in [3.63, 3.8) is 0 Å². The molecule has 5 heteroatoms. The molecule has 0 bridgehead atoms. The Morgan fingerprint density at radius 3 is 2.48 bits per heavy atom. The molecule has 0 heterocycles. The Hall–Kier alpha value is -1.65. The first-order valence-electron chi connectivity index (χ1n) is 8.31. The van der Waals surface area contributed by atoms with E-state index in [9.17, 15) is 4.79 Å². The zero-order valence-electron chi connectivity index (χ0n) is 15.0. The molecular weight excluding hydrogens is 354 g/mol. The molecule has 2 aromatic carbocycles. The third kappa shape index (κ3) is 5.41. The second kappa shape index (κ2) is 9.16. The van der Waals surface area contributed by atoms with Crippen molar-refractivity contribution in [1.29, 1.82) is 0 Å². The predicted octanol–water partition coefficient (Wildman–Crippen LogP) is 5.41. The summed E-state index contributed by atoms with van der Waals surface area (Å²) in [6.45, 7) is 6.00. The molecule has 0 aliphatic rings. The van der Waals surface area contributed by atoms with Gasteiger partial charge in [0, 0.05) is 9.92 Å². The summed E-state index contributed by atoms with van der Waals surface area (Å²) in [6.07, 6.45) is 0.829. The average molecular weight is 378 g/mol. The molecular formula is C20H24ClNO2S. The number of hydrogen-bond donors (Lipinski definition) is 1. The molecule has 3 nitrogen and oxygen atoms in total. The van der Waals surface area contributed by atoms with Gasteiger partial charge in [-0.15, -0.1) is 11.8 Å². The van der Waals surface area contributed by atoms with Gasteiger partial charge in [0.25, 0.3) is 0 Å². The van der Waals surface area contributed by atoms with E-state index in [1.165, 1.54) is 11.8 Å². The topological polar surface area (TPSA) is 38.3 Å². The molecule has 0 aliphatic carbocycles. The zero-order chi connectivity index (χ0) is 18.4. The van der Waals surface area contributed by atoms with Gasteiger partial charge in [0.2, 0.25) is 5.91 Å². The smallest absolute Gasteiger partial charge is 0.233 e. The van der Waals surface area contributed by atoms with Crippen LogP contribution in [0, 0.1) is 6.92 Å². The molecule has 2 unspecified atom stereocenters. The summed E-state index contributed by atoms with van der Waals surface area (Å²) in [5, 5.41) is 3.66. The Morgan fingerprint density at radius 2 is 1.92 bits per heavy atom.